The highest BCUT2D eigenvalue weighted by Gasteiger charge is 2.47. The Morgan fingerprint density at radius 1 is 1.33 bits per heavy atom. The summed E-state index contributed by atoms with van der Waals surface area (Å²) >= 11 is 0. The third-order valence-corrected chi connectivity index (χ3v) is 3.16. The van der Waals surface area contributed by atoms with Crippen molar-refractivity contribution in [2.75, 3.05) is 13.7 Å². The summed E-state index contributed by atoms with van der Waals surface area (Å²) in [4.78, 5) is 10.9. The Labute approximate surface area is 89.9 Å². The highest BCUT2D eigenvalue weighted by molar-refractivity contribution is 5.57. The van der Waals surface area contributed by atoms with Crippen LogP contribution in [0.25, 0.3) is 0 Å². The molecule has 0 aromatic heterocycles. The SMILES string of the molecule is COCC1OC2(CCCCC2)OC1C=O. The molecule has 2 aliphatic rings. The number of hydrogen-bond donors (Lipinski definition) is 0. The molecule has 1 aliphatic carbocycles. The standard InChI is InChI=1S/C11H18O4/c1-13-8-10-9(7-12)14-11(15-10)5-3-2-4-6-11/h7,9-10H,2-6,8H2,1H3. The van der Waals surface area contributed by atoms with Crippen LogP contribution >= 0.6 is 0 Å². The second-order valence-electron chi connectivity index (χ2n) is 4.30. The molecule has 2 unspecified atom stereocenters. The lowest BCUT2D eigenvalue weighted by molar-refractivity contribution is -0.195. The van der Waals surface area contributed by atoms with Gasteiger partial charge in [0.05, 0.1) is 6.61 Å². The largest absolute Gasteiger partial charge is 0.382 e. The van der Waals surface area contributed by atoms with Crippen LogP contribution in [0.3, 0.4) is 0 Å². The van der Waals surface area contributed by atoms with Gasteiger partial charge in [0.2, 0.25) is 0 Å². The van der Waals surface area contributed by atoms with Gasteiger partial charge < -0.3 is 19.0 Å². The van der Waals surface area contributed by atoms with Crippen LogP contribution in [0, 0.1) is 0 Å². The minimum absolute atomic E-state index is 0.231. The molecule has 0 bridgehead atoms. The zero-order valence-electron chi connectivity index (χ0n) is 9.11. The summed E-state index contributed by atoms with van der Waals surface area (Å²) < 4.78 is 16.6. The van der Waals surface area contributed by atoms with E-state index in [9.17, 15) is 4.79 Å². The van der Waals surface area contributed by atoms with Gasteiger partial charge in [-0.15, -0.1) is 0 Å². The van der Waals surface area contributed by atoms with E-state index in [0.717, 1.165) is 32.0 Å². The summed E-state index contributed by atoms with van der Waals surface area (Å²) in [6.45, 7) is 0.422. The van der Waals surface area contributed by atoms with Crippen molar-refractivity contribution in [2.24, 2.45) is 0 Å². The Hall–Kier alpha value is -0.450. The minimum atomic E-state index is -0.493. The van der Waals surface area contributed by atoms with Crippen molar-refractivity contribution >= 4 is 6.29 Å². The highest BCUT2D eigenvalue weighted by atomic mass is 16.8. The van der Waals surface area contributed by atoms with Gasteiger partial charge in [-0.1, -0.05) is 6.42 Å². The van der Waals surface area contributed by atoms with E-state index in [1.807, 2.05) is 0 Å². The first-order valence-corrected chi connectivity index (χ1v) is 5.59. The minimum Gasteiger partial charge on any atom is -0.382 e. The Morgan fingerprint density at radius 2 is 2.07 bits per heavy atom. The topological polar surface area (TPSA) is 44.8 Å². The van der Waals surface area contributed by atoms with Crippen molar-refractivity contribution < 1.29 is 19.0 Å². The number of ether oxygens (including phenoxy) is 3. The maximum absolute atomic E-state index is 10.9. The number of rotatable bonds is 3. The van der Waals surface area contributed by atoms with E-state index in [-0.39, 0.29) is 6.10 Å². The molecular formula is C11H18O4. The zero-order valence-corrected chi connectivity index (χ0v) is 9.11. The fourth-order valence-electron chi connectivity index (χ4n) is 2.43. The van der Waals surface area contributed by atoms with Gasteiger partial charge >= 0.3 is 0 Å². The first-order valence-electron chi connectivity index (χ1n) is 5.59. The summed E-state index contributed by atoms with van der Waals surface area (Å²) in [5, 5.41) is 0. The average Bonchev–Trinajstić information content (AvgIpc) is 2.58. The first-order chi connectivity index (χ1) is 7.29. The second kappa shape index (κ2) is 4.60. The van der Waals surface area contributed by atoms with Gasteiger partial charge in [0, 0.05) is 20.0 Å². The van der Waals surface area contributed by atoms with Gasteiger partial charge in [0.25, 0.3) is 0 Å². The van der Waals surface area contributed by atoms with Crippen molar-refractivity contribution in [1.29, 1.82) is 0 Å². The Morgan fingerprint density at radius 3 is 2.67 bits per heavy atom. The van der Waals surface area contributed by atoms with Crippen molar-refractivity contribution in [3.63, 3.8) is 0 Å². The van der Waals surface area contributed by atoms with Gasteiger partial charge in [-0.3, -0.25) is 0 Å². The number of methoxy groups -OCH3 is 1. The summed E-state index contributed by atoms with van der Waals surface area (Å²) in [7, 11) is 1.61. The van der Waals surface area contributed by atoms with Crippen molar-refractivity contribution in [2.45, 2.75) is 50.1 Å². The second-order valence-corrected chi connectivity index (χ2v) is 4.30. The van der Waals surface area contributed by atoms with E-state index in [4.69, 9.17) is 14.2 Å². The van der Waals surface area contributed by atoms with Crippen LogP contribution in [0.15, 0.2) is 0 Å². The van der Waals surface area contributed by atoms with E-state index >= 15 is 0 Å². The van der Waals surface area contributed by atoms with E-state index in [1.54, 1.807) is 7.11 Å². The zero-order chi connectivity index (χ0) is 10.7. The van der Waals surface area contributed by atoms with Crippen molar-refractivity contribution in [3.05, 3.63) is 0 Å². The van der Waals surface area contributed by atoms with Gasteiger partial charge in [0.1, 0.15) is 12.2 Å². The third-order valence-electron chi connectivity index (χ3n) is 3.16. The summed E-state index contributed by atoms with van der Waals surface area (Å²) in [6, 6.07) is 0. The molecule has 0 radical (unpaired) electrons. The molecule has 2 atom stereocenters. The van der Waals surface area contributed by atoms with Gasteiger partial charge in [0.15, 0.2) is 12.1 Å². The molecule has 2 fully saturated rings. The van der Waals surface area contributed by atoms with Gasteiger partial charge in [-0.2, -0.15) is 0 Å². The molecule has 1 spiro atoms. The summed E-state index contributed by atoms with van der Waals surface area (Å²) in [5.74, 6) is -0.493. The van der Waals surface area contributed by atoms with E-state index in [1.165, 1.54) is 6.42 Å². The van der Waals surface area contributed by atoms with Crippen molar-refractivity contribution in [3.8, 4) is 0 Å². The lowest BCUT2D eigenvalue weighted by atomic mass is 9.94. The molecule has 1 saturated carbocycles. The summed E-state index contributed by atoms with van der Waals surface area (Å²) in [5.41, 5.74) is 0. The molecule has 0 amide bonds. The molecule has 1 saturated heterocycles. The van der Waals surface area contributed by atoms with Crippen molar-refractivity contribution in [1.82, 2.24) is 0 Å². The predicted molar refractivity (Wildman–Crippen MR) is 53.5 cm³/mol. The molecular weight excluding hydrogens is 196 g/mol. The molecule has 0 aromatic carbocycles. The molecule has 15 heavy (non-hydrogen) atoms. The third kappa shape index (κ3) is 2.22. The molecule has 4 heteroatoms. The molecule has 1 aliphatic heterocycles. The molecule has 1 heterocycles. The molecule has 0 aromatic rings. The lowest BCUT2D eigenvalue weighted by Gasteiger charge is -2.31. The molecule has 0 N–H and O–H groups in total. The van der Waals surface area contributed by atoms with Crippen LogP contribution in [0.1, 0.15) is 32.1 Å². The monoisotopic (exact) mass is 214 g/mol. The summed E-state index contributed by atoms with van der Waals surface area (Å²) in [6.07, 6.45) is 5.40. The quantitative estimate of drug-likeness (QED) is 0.664. The molecule has 4 nitrogen and oxygen atoms in total. The van der Waals surface area contributed by atoms with Crippen LogP contribution in [-0.2, 0) is 19.0 Å². The molecule has 2 rings (SSSR count). The Balaban J connectivity index is 2.01. The molecule has 86 valence electrons. The smallest absolute Gasteiger partial charge is 0.170 e. The number of carbonyl (C=O) groups excluding carboxylic acids is 1. The van der Waals surface area contributed by atoms with E-state index in [2.05, 4.69) is 0 Å². The van der Waals surface area contributed by atoms with Gasteiger partial charge in [-0.25, -0.2) is 0 Å². The lowest BCUT2D eigenvalue weighted by Crippen LogP contribution is -2.33. The Kier molecular flexibility index (Phi) is 3.38. The van der Waals surface area contributed by atoms with Crippen LogP contribution in [0.2, 0.25) is 0 Å². The number of aldehydes is 1. The normalized spacial score (nSPS) is 34.5. The van der Waals surface area contributed by atoms with Crippen LogP contribution < -0.4 is 0 Å². The van der Waals surface area contributed by atoms with E-state index < -0.39 is 11.9 Å². The average molecular weight is 214 g/mol. The highest BCUT2D eigenvalue weighted by Crippen LogP contribution is 2.39. The maximum atomic E-state index is 10.9. The van der Waals surface area contributed by atoms with Crippen LogP contribution in [0.4, 0.5) is 0 Å². The van der Waals surface area contributed by atoms with Crippen LogP contribution in [-0.4, -0.2) is 38.0 Å². The number of hydrogen-bond acceptors (Lipinski definition) is 4. The fraction of sp³-hybridized carbons (Fsp3) is 0.909. The Bertz CT molecular complexity index is 223. The predicted octanol–water partition coefficient (Wildman–Crippen LogP) is 1.28. The maximum Gasteiger partial charge on any atom is 0.170 e. The number of carbonyl (C=O) groups is 1. The first kappa shape index (κ1) is 11.0. The van der Waals surface area contributed by atoms with Gasteiger partial charge in [-0.05, 0) is 12.8 Å². The van der Waals surface area contributed by atoms with Crippen LogP contribution in [0.5, 0.6) is 0 Å². The van der Waals surface area contributed by atoms with E-state index in [0.29, 0.717) is 6.61 Å². The fourth-order valence-corrected chi connectivity index (χ4v) is 2.43.